The van der Waals surface area contributed by atoms with Crippen molar-refractivity contribution in [1.82, 2.24) is 0 Å². The molecule has 0 unspecified atom stereocenters. The number of carbonyl (C=O) groups excluding carboxylic acids is 1. The largest absolute Gasteiger partial charge is 0.497 e. The monoisotopic (exact) mass is 262 g/mol. The molecule has 0 heterocycles. The molecule has 0 saturated heterocycles. The van der Waals surface area contributed by atoms with Gasteiger partial charge in [-0.2, -0.15) is 0 Å². The molecule has 0 aromatic heterocycles. The maximum atomic E-state index is 13.8. The lowest BCUT2D eigenvalue weighted by atomic mass is 10.0. The minimum Gasteiger partial charge on any atom is -0.497 e. The van der Waals surface area contributed by atoms with E-state index in [9.17, 15) is 13.6 Å². The van der Waals surface area contributed by atoms with Crippen LogP contribution >= 0.6 is 0 Å². The predicted molar refractivity (Wildman–Crippen MR) is 67.5 cm³/mol. The third-order valence-electron chi connectivity index (χ3n) is 2.85. The average molecular weight is 262 g/mol. The zero-order valence-electron chi connectivity index (χ0n) is 10.5. The molecule has 2 aromatic rings. The molecule has 0 saturated carbocycles. The lowest BCUT2D eigenvalue weighted by molar-refractivity contribution is 0.103. The normalized spacial score (nSPS) is 10.3. The smallest absolute Gasteiger partial charge is 0.196 e. The second-order valence-corrected chi connectivity index (χ2v) is 4.12. The summed E-state index contributed by atoms with van der Waals surface area (Å²) < 4.78 is 32.2. The molecule has 0 bridgehead atoms. The van der Waals surface area contributed by atoms with Gasteiger partial charge in [-0.1, -0.05) is 18.2 Å². The number of carbonyl (C=O) groups is 1. The Hall–Kier alpha value is -2.23. The van der Waals surface area contributed by atoms with E-state index in [-0.39, 0.29) is 16.7 Å². The van der Waals surface area contributed by atoms with Gasteiger partial charge in [0.2, 0.25) is 0 Å². The minimum absolute atomic E-state index is 0.166. The van der Waals surface area contributed by atoms with Crippen LogP contribution < -0.4 is 4.74 Å². The first-order valence-corrected chi connectivity index (χ1v) is 5.68. The average Bonchev–Trinajstić information content (AvgIpc) is 2.44. The van der Waals surface area contributed by atoms with E-state index in [1.807, 2.05) is 0 Å². The van der Waals surface area contributed by atoms with E-state index in [0.717, 1.165) is 0 Å². The Bertz CT molecular complexity index is 636. The van der Waals surface area contributed by atoms with Crippen molar-refractivity contribution in [2.45, 2.75) is 6.92 Å². The van der Waals surface area contributed by atoms with Crippen LogP contribution in [0.2, 0.25) is 0 Å². The van der Waals surface area contributed by atoms with Crippen LogP contribution in [-0.2, 0) is 0 Å². The topological polar surface area (TPSA) is 26.3 Å². The fourth-order valence-corrected chi connectivity index (χ4v) is 1.74. The minimum atomic E-state index is -1.12. The molecule has 0 N–H and O–H groups in total. The van der Waals surface area contributed by atoms with Crippen LogP contribution in [-0.4, -0.2) is 12.9 Å². The molecule has 0 aliphatic heterocycles. The van der Waals surface area contributed by atoms with Gasteiger partial charge in [-0.25, -0.2) is 8.78 Å². The molecule has 2 aromatic carbocycles. The van der Waals surface area contributed by atoms with E-state index in [2.05, 4.69) is 0 Å². The SMILES string of the molecule is COc1cccc(C(=O)c2ccc(C)c(F)c2F)c1. The standard InChI is InChI=1S/C15H12F2O2/c1-9-6-7-12(14(17)13(9)16)15(18)10-4-3-5-11(8-10)19-2/h3-8H,1-2H3. The summed E-state index contributed by atoms with van der Waals surface area (Å²) in [7, 11) is 1.47. The van der Waals surface area contributed by atoms with Gasteiger partial charge in [0, 0.05) is 5.56 Å². The summed E-state index contributed by atoms with van der Waals surface area (Å²) in [5, 5.41) is 0. The second kappa shape index (κ2) is 5.18. The number of halogens is 2. The second-order valence-electron chi connectivity index (χ2n) is 4.12. The van der Waals surface area contributed by atoms with Crippen LogP contribution in [0.3, 0.4) is 0 Å². The highest BCUT2D eigenvalue weighted by Crippen LogP contribution is 2.21. The maximum absolute atomic E-state index is 13.8. The number of benzene rings is 2. The Morgan fingerprint density at radius 1 is 1.11 bits per heavy atom. The Balaban J connectivity index is 2.47. The molecule has 0 amide bonds. The highest BCUT2D eigenvalue weighted by Gasteiger charge is 2.18. The van der Waals surface area contributed by atoms with Crippen molar-refractivity contribution in [1.29, 1.82) is 0 Å². The van der Waals surface area contributed by atoms with Crippen molar-refractivity contribution in [3.63, 3.8) is 0 Å². The molecule has 19 heavy (non-hydrogen) atoms. The molecular formula is C15H12F2O2. The summed E-state index contributed by atoms with van der Waals surface area (Å²) in [6, 6.07) is 8.97. The van der Waals surface area contributed by atoms with Crippen LogP contribution in [0.4, 0.5) is 8.78 Å². The molecule has 98 valence electrons. The van der Waals surface area contributed by atoms with Gasteiger partial charge in [0.1, 0.15) is 5.75 Å². The Labute approximate surface area is 109 Å². The fraction of sp³-hybridized carbons (Fsp3) is 0.133. The zero-order chi connectivity index (χ0) is 14.0. The first kappa shape index (κ1) is 13.2. The molecule has 0 atom stereocenters. The number of rotatable bonds is 3. The molecule has 4 heteroatoms. The highest BCUT2D eigenvalue weighted by molar-refractivity contribution is 6.09. The quantitative estimate of drug-likeness (QED) is 0.791. The van der Waals surface area contributed by atoms with E-state index < -0.39 is 17.4 Å². The van der Waals surface area contributed by atoms with E-state index in [1.165, 1.54) is 38.3 Å². The lowest BCUT2D eigenvalue weighted by Crippen LogP contribution is -2.07. The Kier molecular flexibility index (Phi) is 3.60. The fourth-order valence-electron chi connectivity index (χ4n) is 1.74. The Morgan fingerprint density at radius 3 is 2.53 bits per heavy atom. The first-order valence-electron chi connectivity index (χ1n) is 5.68. The third kappa shape index (κ3) is 2.47. The van der Waals surface area contributed by atoms with Crippen molar-refractivity contribution in [3.05, 3.63) is 64.7 Å². The first-order chi connectivity index (χ1) is 9.04. The van der Waals surface area contributed by atoms with Crippen molar-refractivity contribution < 1.29 is 18.3 Å². The third-order valence-corrected chi connectivity index (χ3v) is 2.85. The molecule has 2 nitrogen and oxygen atoms in total. The highest BCUT2D eigenvalue weighted by atomic mass is 19.2. The van der Waals surface area contributed by atoms with Crippen LogP contribution in [0.15, 0.2) is 36.4 Å². The molecular weight excluding hydrogens is 250 g/mol. The molecule has 0 aliphatic carbocycles. The van der Waals surface area contributed by atoms with Crippen molar-refractivity contribution in [3.8, 4) is 5.75 Å². The predicted octanol–water partition coefficient (Wildman–Crippen LogP) is 3.51. The summed E-state index contributed by atoms with van der Waals surface area (Å²) in [6.07, 6.45) is 0. The number of ketones is 1. The molecule has 0 radical (unpaired) electrons. The van der Waals surface area contributed by atoms with Gasteiger partial charge in [0.15, 0.2) is 17.4 Å². The number of aryl methyl sites for hydroxylation is 1. The van der Waals surface area contributed by atoms with Gasteiger partial charge < -0.3 is 4.74 Å². The van der Waals surface area contributed by atoms with Crippen molar-refractivity contribution >= 4 is 5.78 Å². The summed E-state index contributed by atoms with van der Waals surface area (Å²) in [5.41, 5.74) is 0.137. The summed E-state index contributed by atoms with van der Waals surface area (Å²) in [4.78, 5) is 12.1. The summed E-state index contributed by atoms with van der Waals surface area (Å²) >= 11 is 0. The van der Waals surface area contributed by atoms with E-state index in [0.29, 0.717) is 5.75 Å². The van der Waals surface area contributed by atoms with Crippen LogP contribution in [0.25, 0.3) is 0 Å². The van der Waals surface area contributed by atoms with Gasteiger partial charge in [-0.15, -0.1) is 0 Å². The molecule has 0 fully saturated rings. The van der Waals surface area contributed by atoms with Crippen LogP contribution in [0.5, 0.6) is 5.75 Å². The van der Waals surface area contributed by atoms with Gasteiger partial charge in [-0.3, -0.25) is 4.79 Å². The van der Waals surface area contributed by atoms with Gasteiger partial charge >= 0.3 is 0 Å². The van der Waals surface area contributed by atoms with Crippen LogP contribution in [0.1, 0.15) is 21.5 Å². The summed E-state index contributed by atoms with van der Waals surface area (Å²) in [6.45, 7) is 1.44. The number of hydrogen-bond donors (Lipinski definition) is 0. The zero-order valence-corrected chi connectivity index (χ0v) is 10.5. The Morgan fingerprint density at radius 2 is 1.84 bits per heavy atom. The number of hydrogen-bond acceptors (Lipinski definition) is 2. The van der Waals surface area contributed by atoms with Crippen molar-refractivity contribution in [2.24, 2.45) is 0 Å². The van der Waals surface area contributed by atoms with Gasteiger partial charge in [0.05, 0.1) is 12.7 Å². The summed E-state index contributed by atoms with van der Waals surface area (Å²) in [5.74, 6) is -2.20. The number of methoxy groups -OCH3 is 1. The molecule has 2 rings (SSSR count). The number of ether oxygens (including phenoxy) is 1. The van der Waals surface area contributed by atoms with E-state index in [1.54, 1.807) is 12.1 Å². The maximum Gasteiger partial charge on any atom is 0.196 e. The van der Waals surface area contributed by atoms with Crippen molar-refractivity contribution in [2.75, 3.05) is 7.11 Å². The van der Waals surface area contributed by atoms with Gasteiger partial charge in [0.25, 0.3) is 0 Å². The van der Waals surface area contributed by atoms with Crippen LogP contribution in [0, 0.1) is 18.6 Å². The van der Waals surface area contributed by atoms with Gasteiger partial charge in [-0.05, 0) is 30.7 Å². The molecule has 0 spiro atoms. The van der Waals surface area contributed by atoms with E-state index in [4.69, 9.17) is 4.74 Å². The lowest BCUT2D eigenvalue weighted by Gasteiger charge is -2.06. The van der Waals surface area contributed by atoms with E-state index >= 15 is 0 Å². The molecule has 0 aliphatic rings.